The SMILES string of the molecule is CC(C)NC(=O)CN(C)c1ccc(C(C)O)cn1. The fraction of sp³-hybridized carbons (Fsp3) is 0.538. The van der Waals surface area contributed by atoms with Crippen molar-refractivity contribution in [1.82, 2.24) is 10.3 Å². The summed E-state index contributed by atoms with van der Waals surface area (Å²) in [6.07, 6.45) is 1.10. The van der Waals surface area contributed by atoms with Gasteiger partial charge in [-0.1, -0.05) is 6.07 Å². The Labute approximate surface area is 108 Å². The summed E-state index contributed by atoms with van der Waals surface area (Å²) < 4.78 is 0. The highest BCUT2D eigenvalue weighted by molar-refractivity contribution is 5.81. The maximum atomic E-state index is 11.6. The third-order valence-electron chi connectivity index (χ3n) is 2.47. The molecule has 0 aliphatic carbocycles. The first-order valence-corrected chi connectivity index (χ1v) is 6.04. The van der Waals surface area contributed by atoms with Gasteiger partial charge in [-0.3, -0.25) is 4.79 Å². The van der Waals surface area contributed by atoms with E-state index in [1.54, 1.807) is 24.1 Å². The molecule has 1 heterocycles. The first kappa shape index (κ1) is 14.4. The number of aliphatic hydroxyl groups excluding tert-OH is 1. The predicted molar refractivity (Wildman–Crippen MR) is 71.4 cm³/mol. The van der Waals surface area contributed by atoms with Crippen molar-refractivity contribution in [3.8, 4) is 0 Å². The summed E-state index contributed by atoms with van der Waals surface area (Å²) in [5.41, 5.74) is 0.763. The van der Waals surface area contributed by atoms with E-state index in [0.717, 1.165) is 5.56 Å². The fourth-order valence-corrected chi connectivity index (χ4v) is 1.53. The van der Waals surface area contributed by atoms with E-state index in [2.05, 4.69) is 10.3 Å². The van der Waals surface area contributed by atoms with Crippen LogP contribution >= 0.6 is 0 Å². The number of carbonyl (C=O) groups is 1. The molecule has 5 nitrogen and oxygen atoms in total. The number of rotatable bonds is 5. The molecule has 1 atom stereocenters. The van der Waals surface area contributed by atoms with Crippen molar-refractivity contribution >= 4 is 11.7 Å². The largest absolute Gasteiger partial charge is 0.389 e. The normalized spacial score (nSPS) is 12.3. The zero-order valence-corrected chi connectivity index (χ0v) is 11.3. The molecule has 5 heteroatoms. The Kier molecular flexibility index (Phi) is 5.09. The van der Waals surface area contributed by atoms with E-state index in [4.69, 9.17) is 0 Å². The number of hydrogen-bond donors (Lipinski definition) is 2. The van der Waals surface area contributed by atoms with Crippen LogP contribution in [0.25, 0.3) is 0 Å². The molecule has 2 N–H and O–H groups in total. The van der Waals surface area contributed by atoms with Gasteiger partial charge in [-0.05, 0) is 32.4 Å². The van der Waals surface area contributed by atoms with Crippen molar-refractivity contribution in [3.05, 3.63) is 23.9 Å². The van der Waals surface area contributed by atoms with Crippen LogP contribution in [-0.2, 0) is 4.79 Å². The van der Waals surface area contributed by atoms with Gasteiger partial charge in [0.15, 0.2) is 0 Å². The Morgan fingerprint density at radius 1 is 1.44 bits per heavy atom. The highest BCUT2D eigenvalue weighted by atomic mass is 16.3. The first-order chi connectivity index (χ1) is 8.40. The molecule has 0 saturated heterocycles. The topological polar surface area (TPSA) is 65.5 Å². The van der Waals surface area contributed by atoms with Crippen molar-refractivity contribution < 1.29 is 9.90 Å². The van der Waals surface area contributed by atoms with Crippen molar-refractivity contribution in [1.29, 1.82) is 0 Å². The van der Waals surface area contributed by atoms with Gasteiger partial charge in [-0.25, -0.2) is 4.98 Å². The summed E-state index contributed by atoms with van der Waals surface area (Å²) in [6.45, 7) is 5.80. The first-order valence-electron chi connectivity index (χ1n) is 6.04. The molecule has 1 aromatic rings. The minimum Gasteiger partial charge on any atom is -0.389 e. The predicted octanol–water partition coefficient (Wildman–Crippen LogP) is 1.10. The molecule has 1 aromatic heterocycles. The van der Waals surface area contributed by atoms with Crippen molar-refractivity contribution in [2.45, 2.75) is 32.9 Å². The van der Waals surface area contributed by atoms with E-state index in [1.165, 1.54) is 0 Å². The quantitative estimate of drug-likeness (QED) is 0.822. The molecule has 18 heavy (non-hydrogen) atoms. The number of pyridine rings is 1. The molecule has 0 spiro atoms. The molecule has 0 aromatic carbocycles. The second-order valence-corrected chi connectivity index (χ2v) is 4.70. The maximum absolute atomic E-state index is 11.6. The lowest BCUT2D eigenvalue weighted by molar-refractivity contribution is -0.120. The number of likely N-dealkylation sites (N-methyl/N-ethyl adjacent to an activating group) is 1. The molecular formula is C13H21N3O2. The summed E-state index contributed by atoms with van der Waals surface area (Å²) in [6, 6.07) is 3.74. The number of amides is 1. The summed E-state index contributed by atoms with van der Waals surface area (Å²) in [5.74, 6) is 0.673. The summed E-state index contributed by atoms with van der Waals surface area (Å²) >= 11 is 0. The molecule has 1 unspecified atom stereocenters. The van der Waals surface area contributed by atoms with E-state index < -0.39 is 6.10 Å². The lowest BCUT2D eigenvalue weighted by Crippen LogP contribution is -2.38. The zero-order chi connectivity index (χ0) is 13.7. The van der Waals surface area contributed by atoms with Gasteiger partial charge in [0.2, 0.25) is 5.91 Å². The standard InChI is InChI=1S/C13H21N3O2/c1-9(2)15-13(18)8-16(4)12-6-5-11(7-14-12)10(3)17/h5-7,9-10,17H,8H2,1-4H3,(H,15,18). The summed E-state index contributed by atoms with van der Waals surface area (Å²) in [7, 11) is 1.81. The van der Waals surface area contributed by atoms with Crippen molar-refractivity contribution in [2.75, 3.05) is 18.5 Å². The van der Waals surface area contributed by atoms with Crippen LogP contribution in [0.1, 0.15) is 32.4 Å². The van der Waals surface area contributed by atoms with Crippen LogP contribution < -0.4 is 10.2 Å². The number of carbonyl (C=O) groups excluding carboxylic acids is 1. The van der Waals surface area contributed by atoms with E-state index >= 15 is 0 Å². The van der Waals surface area contributed by atoms with Crippen LogP contribution in [0.4, 0.5) is 5.82 Å². The van der Waals surface area contributed by atoms with Crippen LogP contribution in [0, 0.1) is 0 Å². The van der Waals surface area contributed by atoms with Gasteiger partial charge in [0.05, 0.1) is 12.6 Å². The van der Waals surface area contributed by atoms with Crippen LogP contribution in [0.2, 0.25) is 0 Å². The van der Waals surface area contributed by atoms with Gasteiger partial charge in [0, 0.05) is 19.3 Å². The minimum atomic E-state index is -0.527. The Hall–Kier alpha value is -1.62. The Morgan fingerprint density at radius 2 is 2.11 bits per heavy atom. The van der Waals surface area contributed by atoms with Crippen LogP contribution in [0.15, 0.2) is 18.3 Å². The number of nitrogens with zero attached hydrogens (tertiary/aromatic N) is 2. The van der Waals surface area contributed by atoms with Crippen molar-refractivity contribution in [3.63, 3.8) is 0 Å². The van der Waals surface area contributed by atoms with Gasteiger partial charge in [0.1, 0.15) is 5.82 Å². The van der Waals surface area contributed by atoms with E-state index in [9.17, 15) is 9.90 Å². The van der Waals surface area contributed by atoms with Gasteiger partial charge >= 0.3 is 0 Å². The molecule has 0 bridgehead atoms. The molecule has 0 saturated carbocycles. The monoisotopic (exact) mass is 251 g/mol. The van der Waals surface area contributed by atoms with Gasteiger partial charge in [0.25, 0.3) is 0 Å². The molecular weight excluding hydrogens is 230 g/mol. The van der Waals surface area contributed by atoms with E-state index in [-0.39, 0.29) is 18.5 Å². The molecule has 1 rings (SSSR count). The minimum absolute atomic E-state index is 0.0334. The molecule has 0 radical (unpaired) electrons. The van der Waals surface area contributed by atoms with E-state index in [1.807, 2.05) is 27.0 Å². The average molecular weight is 251 g/mol. The second-order valence-electron chi connectivity index (χ2n) is 4.70. The third-order valence-corrected chi connectivity index (χ3v) is 2.47. The molecule has 100 valence electrons. The van der Waals surface area contributed by atoms with E-state index in [0.29, 0.717) is 5.82 Å². The summed E-state index contributed by atoms with van der Waals surface area (Å²) in [4.78, 5) is 17.6. The van der Waals surface area contributed by atoms with Crippen LogP contribution in [0.5, 0.6) is 0 Å². The number of aliphatic hydroxyl groups is 1. The summed E-state index contributed by atoms with van der Waals surface area (Å²) in [5, 5.41) is 12.2. The highest BCUT2D eigenvalue weighted by Crippen LogP contribution is 2.14. The smallest absolute Gasteiger partial charge is 0.239 e. The lowest BCUT2D eigenvalue weighted by Gasteiger charge is -2.19. The van der Waals surface area contributed by atoms with Gasteiger partial charge in [-0.15, -0.1) is 0 Å². The number of aromatic nitrogens is 1. The van der Waals surface area contributed by atoms with Gasteiger partial charge < -0.3 is 15.3 Å². The molecule has 0 fully saturated rings. The van der Waals surface area contributed by atoms with Crippen molar-refractivity contribution in [2.24, 2.45) is 0 Å². The zero-order valence-electron chi connectivity index (χ0n) is 11.3. The number of anilines is 1. The number of hydrogen-bond acceptors (Lipinski definition) is 4. The average Bonchev–Trinajstić information content (AvgIpc) is 2.27. The molecule has 0 aliphatic heterocycles. The van der Waals surface area contributed by atoms with Crippen LogP contribution in [0.3, 0.4) is 0 Å². The highest BCUT2D eigenvalue weighted by Gasteiger charge is 2.10. The maximum Gasteiger partial charge on any atom is 0.239 e. The molecule has 1 amide bonds. The third kappa shape index (κ3) is 4.33. The Balaban J connectivity index is 2.61. The molecule has 0 aliphatic rings. The Bertz CT molecular complexity index is 388. The lowest BCUT2D eigenvalue weighted by atomic mass is 10.2. The Morgan fingerprint density at radius 3 is 2.56 bits per heavy atom. The second kappa shape index (κ2) is 6.35. The van der Waals surface area contributed by atoms with Crippen LogP contribution in [-0.4, -0.2) is 35.6 Å². The van der Waals surface area contributed by atoms with Gasteiger partial charge in [-0.2, -0.15) is 0 Å². The fourth-order valence-electron chi connectivity index (χ4n) is 1.53. The number of nitrogens with one attached hydrogen (secondary N) is 1.